The van der Waals surface area contributed by atoms with Crippen molar-refractivity contribution < 1.29 is 13.2 Å². The van der Waals surface area contributed by atoms with Crippen molar-refractivity contribution in [2.45, 2.75) is 11.3 Å². The number of nitrogen functional groups attached to an aromatic ring is 1. The number of benzene rings is 1. The van der Waals surface area contributed by atoms with Crippen molar-refractivity contribution in [2.75, 3.05) is 24.6 Å². The quantitative estimate of drug-likeness (QED) is 0.535. The number of rotatable bonds is 5. The van der Waals surface area contributed by atoms with Gasteiger partial charge in [-0.15, -0.1) is 0 Å². The van der Waals surface area contributed by atoms with Gasteiger partial charge in [0.2, 0.25) is 15.9 Å². The third kappa shape index (κ3) is 3.90. The fraction of sp³-hybridized carbons (Fsp3) is 0.300. The number of hydrogen-bond donors (Lipinski definition) is 4. The summed E-state index contributed by atoms with van der Waals surface area (Å²) in [5, 5.41) is 10.4. The maximum atomic E-state index is 11.1. The lowest BCUT2D eigenvalue weighted by molar-refractivity contribution is -0.120. The Kier molecular flexibility index (Phi) is 4.51. The summed E-state index contributed by atoms with van der Waals surface area (Å²) in [6.45, 7) is 0.401. The summed E-state index contributed by atoms with van der Waals surface area (Å²) < 4.78 is 22.2. The monoisotopic (exact) mass is 272 g/mol. The molecule has 1 aromatic rings. The largest absolute Gasteiger partial charge is 0.397 e. The van der Waals surface area contributed by atoms with Crippen molar-refractivity contribution in [2.24, 2.45) is 5.14 Å². The van der Waals surface area contributed by atoms with E-state index < -0.39 is 10.0 Å². The maximum Gasteiger partial charge on any atom is 0.238 e. The van der Waals surface area contributed by atoms with Gasteiger partial charge in [-0.25, -0.2) is 13.6 Å². The highest BCUT2D eigenvalue weighted by molar-refractivity contribution is 7.89. The molecule has 0 bridgehead atoms. The SMILES string of the molecule is CNC(=O)CCNc1ccc(S(N)(=O)=O)cc1N. The molecule has 0 radical (unpaired) electrons. The number of sulfonamides is 1. The molecule has 1 amide bonds. The Balaban J connectivity index is 2.72. The molecule has 18 heavy (non-hydrogen) atoms. The molecule has 0 aliphatic heterocycles. The lowest BCUT2D eigenvalue weighted by Crippen LogP contribution is -2.21. The summed E-state index contributed by atoms with van der Waals surface area (Å²) in [5.74, 6) is -0.0952. The van der Waals surface area contributed by atoms with E-state index in [1.807, 2.05) is 0 Å². The molecular formula is C10H16N4O3S. The van der Waals surface area contributed by atoms with Gasteiger partial charge in [-0.2, -0.15) is 0 Å². The van der Waals surface area contributed by atoms with E-state index in [9.17, 15) is 13.2 Å². The van der Waals surface area contributed by atoms with E-state index in [0.717, 1.165) is 0 Å². The predicted octanol–water partition coefficient (Wildman–Crippen LogP) is -0.536. The van der Waals surface area contributed by atoms with Crippen LogP contribution in [0.5, 0.6) is 0 Å². The van der Waals surface area contributed by atoms with Gasteiger partial charge in [0.25, 0.3) is 0 Å². The van der Waals surface area contributed by atoms with E-state index in [-0.39, 0.29) is 16.5 Å². The molecule has 0 unspecified atom stereocenters. The zero-order valence-corrected chi connectivity index (χ0v) is 10.8. The number of nitrogens with one attached hydrogen (secondary N) is 2. The van der Waals surface area contributed by atoms with Crippen molar-refractivity contribution in [1.29, 1.82) is 0 Å². The van der Waals surface area contributed by atoms with Crippen LogP contribution in [0.3, 0.4) is 0 Å². The van der Waals surface area contributed by atoms with Crippen LogP contribution in [0.4, 0.5) is 11.4 Å². The molecule has 6 N–H and O–H groups in total. The fourth-order valence-corrected chi connectivity index (χ4v) is 1.86. The number of anilines is 2. The average Bonchev–Trinajstić information content (AvgIpc) is 2.29. The number of carbonyl (C=O) groups is 1. The first-order valence-electron chi connectivity index (χ1n) is 5.21. The van der Waals surface area contributed by atoms with Crippen LogP contribution in [0.2, 0.25) is 0 Å². The third-order valence-electron chi connectivity index (χ3n) is 2.30. The Hall–Kier alpha value is -1.80. The summed E-state index contributed by atoms with van der Waals surface area (Å²) in [4.78, 5) is 10.9. The van der Waals surface area contributed by atoms with Crippen LogP contribution in [0.25, 0.3) is 0 Å². The molecule has 0 saturated heterocycles. The molecular weight excluding hydrogens is 256 g/mol. The van der Waals surface area contributed by atoms with Crippen molar-refractivity contribution in [3.8, 4) is 0 Å². The number of hydrogen-bond acceptors (Lipinski definition) is 5. The minimum atomic E-state index is -3.75. The lowest BCUT2D eigenvalue weighted by atomic mass is 10.2. The Bertz CT molecular complexity index is 542. The smallest absolute Gasteiger partial charge is 0.238 e. The van der Waals surface area contributed by atoms with Crippen LogP contribution in [0, 0.1) is 0 Å². The number of nitrogens with two attached hydrogens (primary N) is 2. The normalized spacial score (nSPS) is 11.0. The van der Waals surface area contributed by atoms with Gasteiger partial charge in [0.05, 0.1) is 16.3 Å². The number of amides is 1. The summed E-state index contributed by atoms with van der Waals surface area (Å²) in [6, 6.07) is 4.14. The lowest BCUT2D eigenvalue weighted by Gasteiger charge is -2.09. The van der Waals surface area contributed by atoms with Crippen LogP contribution in [0.1, 0.15) is 6.42 Å². The second-order valence-electron chi connectivity index (χ2n) is 3.64. The van der Waals surface area contributed by atoms with E-state index in [4.69, 9.17) is 10.9 Å². The van der Waals surface area contributed by atoms with Gasteiger partial charge in [-0.05, 0) is 18.2 Å². The highest BCUT2D eigenvalue weighted by Gasteiger charge is 2.09. The molecule has 0 fully saturated rings. The average molecular weight is 272 g/mol. The summed E-state index contributed by atoms with van der Waals surface area (Å²) in [5.41, 5.74) is 6.51. The topological polar surface area (TPSA) is 127 Å². The van der Waals surface area contributed by atoms with E-state index in [1.54, 1.807) is 7.05 Å². The summed E-state index contributed by atoms with van der Waals surface area (Å²) >= 11 is 0. The minimum absolute atomic E-state index is 0.0446. The van der Waals surface area contributed by atoms with E-state index >= 15 is 0 Å². The van der Waals surface area contributed by atoms with E-state index in [2.05, 4.69) is 10.6 Å². The molecule has 7 nitrogen and oxygen atoms in total. The van der Waals surface area contributed by atoms with E-state index in [1.165, 1.54) is 18.2 Å². The summed E-state index contributed by atoms with van der Waals surface area (Å²) in [7, 11) is -2.20. The first-order chi connectivity index (χ1) is 8.34. The van der Waals surface area contributed by atoms with Gasteiger partial charge in [-0.3, -0.25) is 4.79 Å². The second kappa shape index (κ2) is 5.69. The molecule has 0 aliphatic rings. The Morgan fingerprint density at radius 3 is 2.56 bits per heavy atom. The van der Waals surface area contributed by atoms with Crippen LogP contribution < -0.4 is 21.5 Å². The fourth-order valence-electron chi connectivity index (χ4n) is 1.31. The molecule has 1 aromatic carbocycles. The van der Waals surface area contributed by atoms with Crippen molar-refractivity contribution >= 4 is 27.3 Å². The van der Waals surface area contributed by atoms with E-state index in [0.29, 0.717) is 18.7 Å². The van der Waals surface area contributed by atoms with Gasteiger partial charge in [0.15, 0.2) is 0 Å². The molecule has 0 atom stereocenters. The number of carbonyl (C=O) groups excluding carboxylic acids is 1. The van der Waals surface area contributed by atoms with Crippen LogP contribution in [-0.4, -0.2) is 27.9 Å². The molecule has 8 heteroatoms. The molecule has 0 aliphatic carbocycles. The van der Waals surface area contributed by atoms with Gasteiger partial charge in [0.1, 0.15) is 0 Å². The molecule has 0 aromatic heterocycles. The molecule has 0 saturated carbocycles. The van der Waals surface area contributed by atoms with Crippen LogP contribution in [0.15, 0.2) is 23.1 Å². The van der Waals surface area contributed by atoms with Crippen molar-refractivity contribution in [3.05, 3.63) is 18.2 Å². The predicted molar refractivity (Wildman–Crippen MR) is 69.4 cm³/mol. The molecule has 100 valence electrons. The Labute approximate surface area is 106 Å². The highest BCUT2D eigenvalue weighted by Crippen LogP contribution is 2.21. The third-order valence-corrected chi connectivity index (χ3v) is 3.21. The standard InChI is InChI=1S/C10H16N4O3S/c1-13-10(15)4-5-14-9-3-2-7(6-8(9)11)18(12,16)17/h2-3,6,14H,4-5,11H2,1H3,(H,13,15)(H2,12,16,17). The Morgan fingerprint density at radius 2 is 2.06 bits per heavy atom. The molecule has 1 rings (SSSR count). The van der Waals surface area contributed by atoms with Crippen LogP contribution in [-0.2, 0) is 14.8 Å². The first-order valence-corrected chi connectivity index (χ1v) is 6.76. The maximum absolute atomic E-state index is 11.1. The van der Waals surface area contributed by atoms with Gasteiger partial charge >= 0.3 is 0 Å². The first kappa shape index (κ1) is 14.3. The summed E-state index contributed by atoms with van der Waals surface area (Å²) in [6.07, 6.45) is 0.298. The van der Waals surface area contributed by atoms with Crippen molar-refractivity contribution in [3.63, 3.8) is 0 Å². The zero-order valence-electron chi connectivity index (χ0n) is 9.93. The molecule has 0 spiro atoms. The van der Waals surface area contributed by atoms with Gasteiger partial charge in [0, 0.05) is 20.0 Å². The Morgan fingerprint density at radius 1 is 1.39 bits per heavy atom. The van der Waals surface area contributed by atoms with Gasteiger partial charge < -0.3 is 16.4 Å². The molecule has 0 heterocycles. The zero-order chi connectivity index (χ0) is 13.8. The number of primary sulfonamides is 1. The van der Waals surface area contributed by atoms with Crippen LogP contribution >= 0.6 is 0 Å². The highest BCUT2D eigenvalue weighted by atomic mass is 32.2. The van der Waals surface area contributed by atoms with Crippen molar-refractivity contribution in [1.82, 2.24) is 5.32 Å². The second-order valence-corrected chi connectivity index (χ2v) is 5.21. The van der Waals surface area contributed by atoms with Gasteiger partial charge in [-0.1, -0.05) is 0 Å². The minimum Gasteiger partial charge on any atom is -0.397 e.